The Morgan fingerprint density at radius 2 is 2.05 bits per heavy atom. The number of hydrogen-bond acceptors (Lipinski definition) is 3. The van der Waals surface area contributed by atoms with Crippen LogP contribution in [0.3, 0.4) is 0 Å². The highest BCUT2D eigenvalue weighted by Gasteiger charge is 2.24. The summed E-state index contributed by atoms with van der Waals surface area (Å²) in [5.74, 6) is 1.09. The van der Waals surface area contributed by atoms with Crippen LogP contribution in [0.1, 0.15) is 44.1 Å². The van der Waals surface area contributed by atoms with Crippen LogP contribution in [-0.2, 0) is 13.0 Å². The molecule has 1 N–H and O–H groups in total. The third kappa shape index (κ3) is 2.70. The predicted octanol–water partition coefficient (Wildman–Crippen LogP) is 2.75. The van der Waals surface area contributed by atoms with Gasteiger partial charge < -0.3 is 9.67 Å². The summed E-state index contributed by atoms with van der Waals surface area (Å²) in [6.45, 7) is 7.49. The number of nitrogens with zero attached hydrogens (tertiary/aromatic N) is 3. The van der Waals surface area contributed by atoms with Crippen molar-refractivity contribution in [1.82, 2.24) is 14.5 Å². The molecule has 0 saturated carbocycles. The predicted molar refractivity (Wildman–Crippen MR) is 85.4 cm³/mol. The first kappa shape index (κ1) is 14.5. The number of aryl methyl sites for hydroxylation is 1. The molecule has 1 fully saturated rings. The minimum absolute atomic E-state index is 0.153. The van der Waals surface area contributed by atoms with Crippen LogP contribution >= 0.6 is 0 Å². The molecule has 0 spiro atoms. The number of fused-ring (bicyclic) bond motifs is 1. The van der Waals surface area contributed by atoms with Crippen molar-refractivity contribution < 1.29 is 5.11 Å². The third-order valence-electron chi connectivity index (χ3n) is 4.64. The molecule has 4 heteroatoms. The summed E-state index contributed by atoms with van der Waals surface area (Å²) < 4.78 is 2.19. The maximum absolute atomic E-state index is 9.41. The second kappa shape index (κ2) is 6.16. The van der Waals surface area contributed by atoms with E-state index >= 15 is 0 Å². The van der Waals surface area contributed by atoms with Crippen LogP contribution in [0.5, 0.6) is 0 Å². The van der Waals surface area contributed by atoms with Crippen LogP contribution in [0, 0.1) is 0 Å². The highest BCUT2D eigenvalue weighted by molar-refractivity contribution is 5.77. The lowest BCUT2D eigenvalue weighted by molar-refractivity contribution is 0.237. The molecule has 0 bridgehead atoms. The topological polar surface area (TPSA) is 41.3 Å². The Bertz CT molecular complexity index is 614. The molecule has 114 valence electrons. The molecule has 21 heavy (non-hydrogen) atoms. The molecule has 1 aromatic carbocycles. The summed E-state index contributed by atoms with van der Waals surface area (Å²) in [7, 11) is 0. The lowest BCUT2D eigenvalue weighted by Crippen LogP contribution is -2.26. The van der Waals surface area contributed by atoms with Crippen molar-refractivity contribution in [3.05, 3.63) is 29.6 Å². The van der Waals surface area contributed by atoms with E-state index in [1.165, 1.54) is 18.4 Å². The molecule has 2 aromatic rings. The Labute approximate surface area is 126 Å². The first-order valence-electron chi connectivity index (χ1n) is 8.08. The molecule has 0 radical (unpaired) electrons. The number of hydrogen-bond donors (Lipinski definition) is 1. The quantitative estimate of drug-likeness (QED) is 0.919. The van der Waals surface area contributed by atoms with Gasteiger partial charge in [0.1, 0.15) is 5.82 Å². The van der Waals surface area contributed by atoms with Crippen LogP contribution in [0.15, 0.2) is 18.2 Å². The van der Waals surface area contributed by atoms with E-state index in [1.807, 2.05) is 0 Å². The van der Waals surface area contributed by atoms with Crippen molar-refractivity contribution in [2.75, 3.05) is 19.7 Å². The Morgan fingerprint density at radius 1 is 1.29 bits per heavy atom. The number of aromatic nitrogens is 2. The normalized spacial score (nSPS) is 17.7. The zero-order valence-corrected chi connectivity index (χ0v) is 13.0. The molecule has 1 aliphatic heterocycles. The van der Waals surface area contributed by atoms with Gasteiger partial charge in [-0.05, 0) is 57.0 Å². The van der Waals surface area contributed by atoms with E-state index in [9.17, 15) is 5.11 Å². The lowest BCUT2D eigenvalue weighted by Gasteiger charge is -2.24. The van der Waals surface area contributed by atoms with Gasteiger partial charge in [0.2, 0.25) is 0 Å². The second-order valence-corrected chi connectivity index (χ2v) is 5.94. The average Bonchev–Trinajstić information content (AvgIpc) is 3.14. The molecular weight excluding hydrogens is 262 g/mol. The van der Waals surface area contributed by atoms with Crippen molar-refractivity contribution in [3.63, 3.8) is 0 Å². The molecule has 4 nitrogen and oxygen atoms in total. The number of aliphatic hydroxyl groups is 1. The van der Waals surface area contributed by atoms with Gasteiger partial charge in [0, 0.05) is 6.54 Å². The highest BCUT2D eigenvalue weighted by atomic mass is 16.3. The Hall–Kier alpha value is -1.39. The fourth-order valence-corrected chi connectivity index (χ4v) is 3.36. The first-order chi connectivity index (χ1) is 10.2. The van der Waals surface area contributed by atoms with Gasteiger partial charge in [-0.3, -0.25) is 4.90 Å². The number of imidazole rings is 1. The van der Waals surface area contributed by atoms with Gasteiger partial charge in [-0.2, -0.15) is 0 Å². The molecule has 2 heterocycles. The highest BCUT2D eigenvalue weighted by Crippen LogP contribution is 2.28. The van der Waals surface area contributed by atoms with E-state index in [0.29, 0.717) is 12.6 Å². The minimum atomic E-state index is 0.153. The molecular formula is C17H25N3O. The molecule has 0 aliphatic carbocycles. The zero-order valence-electron chi connectivity index (χ0n) is 13.0. The first-order valence-corrected chi connectivity index (χ1v) is 8.08. The van der Waals surface area contributed by atoms with E-state index in [1.54, 1.807) is 0 Å². The standard InChI is InChI=1S/C17H25N3O/c1-3-14-6-7-16-15(12-14)18-17(20(16)10-11-21)13(2)19-8-4-5-9-19/h6-7,12-13,21H,3-5,8-11H2,1-2H3. The van der Waals surface area contributed by atoms with Crippen LogP contribution < -0.4 is 0 Å². The van der Waals surface area contributed by atoms with Crippen LogP contribution in [0.4, 0.5) is 0 Å². The van der Waals surface area contributed by atoms with Gasteiger partial charge in [-0.15, -0.1) is 0 Å². The van der Waals surface area contributed by atoms with E-state index in [2.05, 4.69) is 41.5 Å². The van der Waals surface area contributed by atoms with E-state index < -0.39 is 0 Å². The number of aliphatic hydroxyl groups excluding tert-OH is 1. The number of rotatable bonds is 5. The van der Waals surface area contributed by atoms with Gasteiger partial charge in [0.25, 0.3) is 0 Å². The largest absolute Gasteiger partial charge is 0.395 e. The van der Waals surface area contributed by atoms with Gasteiger partial charge in [-0.25, -0.2) is 4.98 Å². The van der Waals surface area contributed by atoms with Crippen LogP contribution in [0.25, 0.3) is 11.0 Å². The molecule has 3 rings (SSSR count). The fraction of sp³-hybridized carbons (Fsp3) is 0.588. The van der Waals surface area contributed by atoms with Crippen molar-refractivity contribution in [2.24, 2.45) is 0 Å². The Morgan fingerprint density at radius 3 is 2.71 bits per heavy atom. The summed E-state index contributed by atoms with van der Waals surface area (Å²) >= 11 is 0. The maximum Gasteiger partial charge on any atom is 0.127 e. The summed E-state index contributed by atoms with van der Waals surface area (Å²) in [4.78, 5) is 7.39. The average molecular weight is 287 g/mol. The van der Waals surface area contributed by atoms with Gasteiger partial charge >= 0.3 is 0 Å². The Balaban J connectivity index is 2.04. The molecule has 0 amide bonds. The van der Waals surface area contributed by atoms with E-state index in [4.69, 9.17) is 4.98 Å². The van der Waals surface area contributed by atoms with E-state index in [0.717, 1.165) is 36.4 Å². The molecule has 1 unspecified atom stereocenters. The van der Waals surface area contributed by atoms with Gasteiger partial charge in [0.05, 0.1) is 23.7 Å². The monoisotopic (exact) mass is 287 g/mol. The van der Waals surface area contributed by atoms with Gasteiger partial charge in [-0.1, -0.05) is 13.0 Å². The smallest absolute Gasteiger partial charge is 0.127 e. The molecule has 1 atom stereocenters. The SMILES string of the molecule is CCc1ccc2c(c1)nc(C(C)N1CCCC1)n2CCO. The number of likely N-dealkylation sites (tertiary alicyclic amines) is 1. The molecule has 1 aliphatic rings. The number of benzene rings is 1. The van der Waals surface area contributed by atoms with Crippen LogP contribution in [-0.4, -0.2) is 39.3 Å². The van der Waals surface area contributed by atoms with Crippen molar-refractivity contribution in [2.45, 2.75) is 45.7 Å². The van der Waals surface area contributed by atoms with Crippen molar-refractivity contribution in [1.29, 1.82) is 0 Å². The van der Waals surface area contributed by atoms with Gasteiger partial charge in [0.15, 0.2) is 0 Å². The summed E-state index contributed by atoms with van der Waals surface area (Å²) in [5.41, 5.74) is 3.52. The Kier molecular flexibility index (Phi) is 4.27. The van der Waals surface area contributed by atoms with E-state index in [-0.39, 0.29) is 6.61 Å². The summed E-state index contributed by atoms with van der Waals surface area (Å²) in [6, 6.07) is 6.82. The zero-order chi connectivity index (χ0) is 14.8. The second-order valence-electron chi connectivity index (χ2n) is 5.94. The molecule has 1 saturated heterocycles. The van der Waals surface area contributed by atoms with Crippen molar-refractivity contribution in [3.8, 4) is 0 Å². The van der Waals surface area contributed by atoms with Crippen molar-refractivity contribution >= 4 is 11.0 Å². The summed E-state index contributed by atoms with van der Waals surface area (Å²) in [6.07, 6.45) is 3.59. The third-order valence-corrected chi connectivity index (χ3v) is 4.64. The maximum atomic E-state index is 9.41. The lowest BCUT2D eigenvalue weighted by atomic mass is 10.1. The minimum Gasteiger partial charge on any atom is -0.395 e. The fourth-order valence-electron chi connectivity index (χ4n) is 3.36. The van der Waals surface area contributed by atoms with Crippen LogP contribution in [0.2, 0.25) is 0 Å². The molecule has 1 aromatic heterocycles. The summed E-state index contributed by atoms with van der Waals surface area (Å²) in [5, 5.41) is 9.41.